The van der Waals surface area contributed by atoms with E-state index in [1.54, 1.807) is 16.5 Å². The fraction of sp³-hybridized carbons (Fsp3) is 0. The van der Waals surface area contributed by atoms with E-state index in [0.29, 0.717) is 10.7 Å². The normalized spacial score (nSPS) is 12.2. The predicted octanol–water partition coefficient (Wildman–Crippen LogP) is 6.75. The zero-order valence-electron chi connectivity index (χ0n) is 20.8. The van der Waals surface area contributed by atoms with Gasteiger partial charge in [-0.2, -0.15) is 0 Å². The monoisotopic (exact) mass is 730 g/mol. The number of para-hydroxylation sites is 2. The molecule has 6 aromatic rings. The van der Waals surface area contributed by atoms with E-state index in [0.717, 1.165) is 43.4 Å². The Bertz CT molecular complexity index is 1770. The predicted molar refractivity (Wildman–Crippen MR) is 156 cm³/mol. The number of nitrogens with zero attached hydrogens (tertiary/aromatic N) is 2. The maximum atomic E-state index is 13.2. The molecule has 0 bridgehead atoms. The van der Waals surface area contributed by atoms with E-state index < -0.39 is 21.5 Å². The van der Waals surface area contributed by atoms with Crippen LogP contribution in [-0.2, 0) is 21.5 Å². The molecule has 184 valence electrons. The van der Waals surface area contributed by atoms with E-state index >= 15 is 0 Å². The third-order valence-electron chi connectivity index (χ3n) is 6.29. The summed E-state index contributed by atoms with van der Waals surface area (Å²) in [7, 11) is 3.59. The van der Waals surface area contributed by atoms with Crippen molar-refractivity contribution in [2.24, 2.45) is 9.98 Å². The van der Waals surface area contributed by atoms with Crippen molar-refractivity contribution in [3.8, 4) is 22.3 Å². The molecule has 0 unspecified atom stereocenters. The molecule has 0 aliphatic heterocycles. The summed E-state index contributed by atoms with van der Waals surface area (Å²) in [5.74, 6) is 0. The molecule has 0 saturated heterocycles. The molecule has 0 aliphatic rings. The van der Waals surface area contributed by atoms with Gasteiger partial charge in [-0.05, 0) is 0 Å². The molecule has 0 aliphatic carbocycles. The molecular formula is C32H20HgN2O2S2. The molecule has 0 fully saturated rings. The molecule has 0 radical (unpaired) electrons. The first-order valence-electron chi connectivity index (χ1n) is 12.4. The zero-order valence-corrected chi connectivity index (χ0v) is 27.9. The SMILES string of the molecule is O=c1c(-c2ccccc2)c([S][Hg][S]c2c(-c3ccccc3)c(=O)c2=Nc2ccccc2)c1=Nc1ccccc1. The first-order chi connectivity index (χ1) is 19.2. The van der Waals surface area contributed by atoms with Crippen molar-refractivity contribution in [1.29, 1.82) is 0 Å². The van der Waals surface area contributed by atoms with E-state index in [-0.39, 0.29) is 10.9 Å². The molecular weight excluding hydrogens is 709 g/mol. The minimum atomic E-state index is -1.82. The minimum absolute atomic E-state index is 0.0136. The van der Waals surface area contributed by atoms with Crippen LogP contribution >= 0.6 is 16.5 Å². The molecule has 39 heavy (non-hydrogen) atoms. The fourth-order valence-electron chi connectivity index (χ4n) is 4.39. The van der Waals surface area contributed by atoms with Gasteiger partial charge in [-0.1, -0.05) is 0 Å². The van der Waals surface area contributed by atoms with Crippen LogP contribution in [0.2, 0.25) is 0 Å². The van der Waals surface area contributed by atoms with E-state index in [1.807, 2.05) is 121 Å². The molecule has 6 aromatic carbocycles. The number of benzene rings is 4. The summed E-state index contributed by atoms with van der Waals surface area (Å²) in [6.07, 6.45) is 0. The summed E-state index contributed by atoms with van der Waals surface area (Å²) in [6, 6.07) is 38.8. The van der Waals surface area contributed by atoms with Crippen molar-refractivity contribution >= 4 is 27.9 Å². The van der Waals surface area contributed by atoms with Gasteiger partial charge < -0.3 is 0 Å². The molecule has 6 rings (SSSR count). The summed E-state index contributed by atoms with van der Waals surface area (Å²) in [5, 5.41) is 1.07. The van der Waals surface area contributed by atoms with Crippen molar-refractivity contribution in [3.63, 3.8) is 0 Å². The van der Waals surface area contributed by atoms with Crippen LogP contribution in [0, 0.1) is 0 Å². The van der Waals surface area contributed by atoms with Crippen LogP contribution in [0.15, 0.2) is 151 Å². The van der Waals surface area contributed by atoms with Crippen molar-refractivity contribution in [3.05, 3.63) is 152 Å². The molecule has 4 nitrogen and oxygen atoms in total. The molecule has 0 atom stereocenters. The average molecular weight is 729 g/mol. The van der Waals surface area contributed by atoms with Crippen LogP contribution in [0.25, 0.3) is 22.3 Å². The molecule has 0 N–H and O–H groups in total. The van der Waals surface area contributed by atoms with Crippen LogP contribution in [0.4, 0.5) is 11.4 Å². The first kappa shape index (κ1) is 25.9. The fourth-order valence-corrected chi connectivity index (χ4v) is 23.7. The quantitative estimate of drug-likeness (QED) is 0.163. The van der Waals surface area contributed by atoms with Crippen LogP contribution in [-0.4, -0.2) is 0 Å². The zero-order chi connectivity index (χ0) is 26.6. The Labute approximate surface area is 242 Å². The first-order valence-corrected chi connectivity index (χ1v) is 27.9. The van der Waals surface area contributed by atoms with E-state index in [2.05, 4.69) is 0 Å². The van der Waals surface area contributed by atoms with Crippen molar-refractivity contribution in [2.75, 3.05) is 0 Å². The second-order valence-corrected chi connectivity index (χ2v) is 26.1. The van der Waals surface area contributed by atoms with Gasteiger partial charge in [-0.3, -0.25) is 0 Å². The second kappa shape index (κ2) is 11.8. The van der Waals surface area contributed by atoms with Gasteiger partial charge in [0.2, 0.25) is 0 Å². The van der Waals surface area contributed by atoms with Gasteiger partial charge in [0.05, 0.1) is 0 Å². The number of hydrogen-bond acceptors (Lipinski definition) is 6. The third kappa shape index (κ3) is 5.42. The summed E-state index contributed by atoms with van der Waals surface area (Å²) >= 11 is -1.82. The number of hydrogen-bond donors (Lipinski definition) is 0. The topological polar surface area (TPSA) is 58.9 Å². The Kier molecular flexibility index (Phi) is 7.86. The van der Waals surface area contributed by atoms with Gasteiger partial charge in [-0.15, -0.1) is 0 Å². The van der Waals surface area contributed by atoms with Gasteiger partial charge in [-0.25, -0.2) is 0 Å². The van der Waals surface area contributed by atoms with Gasteiger partial charge in [0.1, 0.15) is 0 Å². The van der Waals surface area contributed by atoms with Crippen LogP contribution in [0.5, 0.6) is 0 Å². The van der Waals surface area contributed by atoms with Crippen molar-refractivity contribution < 1.29 is 21.5 Å². The van der Waals surface area contributed by atoms with Crippen LogP contribution in [0.1, 0.15) is 0 Å². The van der Waals surface area contributed by atoms with Crippen molar-refractivity contribution in [1.82, 2.24) is 0 Å². The molecule has 0 amide bonds. The van der Waals surface area contributed by atoms with Crippen LogP contribution < -0.4 is 21.6 Å². The number of rotatable bonds is 8. The van der Waals surface area contributed by atoms with Crippen LogP contribution in [0.3, 0.4) is 0 Å². The standard InChI is InChI=1S/2C16H11NOS.Hg/c2*18-15-13(11-7-3-1-4-8-11)16(19)14(15)17-12-9-5-2-6-10-12;/h2*1-10,19H;/q;;+2/p-2. The van der Waals surface area contributed by atoms with E-state index in [1.165, 1.54) is 0 Å². The summed E-state index contributed by atoms with van der Waals surface area (Å²) < 4.78 is 0. The van der Waals surface area contributed by atoms with E-state index in [9.17, 15) is 9.59 Å². The Morgan fingerprint density at radius 1 is 0.462 bits per heavy atom. The summed E-state index contributed by atoms with van der Waals surface area (Å²) in [6.45, 7) is 0. The van der Waals surface area contributed by atoms with Gasteiger partial charge in [0.25, 0.3) is 0 Å². The van der Waals surface area contributed by atoms with Gasteiger partial charge >= 0.3 is 244 Å². The van der Waals surface area contributed by atoms with Gasteiger partial charge in [0, 0.05) is 0 Å². The summed E-state index contributed by atoms with van der Waals surface area (Å²) in [5.41, 5.74) is 4.85. The van der Waals surface area contributed by atoms with Gasteiger partial charge in [0.15, 0.2) is 0 Å². The van der Waals surface area contributed by atoms with Crippen molar-refractivity contribution in [2.45, 2.75) is 9.79 Å². The molecule has 0 spiro atoms. The Hall–Kier alpha value is -3.32. The Morgan fingerprint density at radius 2 is 0.795 bits per heavy atom. The van der Waals surface area contributed by atoms with E-state index in [4.69, 9.17) is 9.98 Å². The third-order valence-corrected chi connectivity index (χ3v) is 23.6. The molecule has 0 saturated carbocycles. The maximum absolute atomic E-state index is 13.2. The molecule has 0 aromatic heterocycles. The molecule has 0 heterocycles. The Morgan fingerprint density at radius 3 is 1.15 bits per heavy atom. The molecule has 7 heteroatoms. The second-order valence-electron chi connectivity index (χ2n) is 8.80. The summed E-state index contributed by atoms with van der Waals surface area (Å²) in [4.78, 5) is 37.8. The average Bonchev–Trinajstić information content (AvgIpc) is 2.99. The Balaban J connectivity index is 1.35.